The number of para-hydroxylation sites is 4. The molecule has 38 heavy (non-hydrogen) atoms. The first kappa shape index (κ1) is 22.0. The maximum absolute atomic E-state index is 5.13. The Kier molecular flexibility index (Phi) is 5.41. The van der Waals surface area contributed by atoms with Crippen LogP contribution in [0, 0.1) is 0 Å². The van der Waals surface area contributed by atoms with Crippen LogP contribution in [0.5, 0.6) is 0 Å². The van der Waals surface area contributed by atoms with E-state index in [2.05, 4.69) is 119 Å². The Bertz CT molecular complexity index is 1850. The molecule has 7 aromatic rings. The number of fused-ring (bicyclic) bond motifs is 12. The number of H-pyrrole nitrogens is 2. The number of pyridine rings is 2. The zero-order valence-corrected chi connectivity index (χ0v) is 20.6. The average Bonchev–Trinajstić information content (AvgIpc) is 2.98. The molecule has 4 bridgehead atoms. The van der Waals surface area contributed by atoms with Gasteiger partial charge in [0.05, 0.1) is 22.1 Å². The largest absolute Gasteiger partial charge is 0.354 e. The van der Waals surface area contributed by atoms with Gasteiger partial charge in [-0.15, -0.1) is 0 Å². The van der Waals surface area contributed by atoms with E-state index < -0.39 is 0 Å². The van der Waals surface area contributed by atoms with Crippen molar-refractivity contribution in [2.75, 3.05) is 0 Å². The van der Waals surface area contributed by atoms with Gasteiger partial charge in [-0.3, -0.25) is 0 Å². The van der Waals surface area contributed by atoms with E-state index in [1.807, 2.05) is 24.3 Å². The molecule has 180 valence electrons. The first-order valence-electron chi connectivity index (χ1n) is 12.7. The van der Waals surface area contributed by atoms with Gasteiger partial charge in [0.25, 0.3) is 0 Å². The third-order valence-corrected chi connectivity index (χ3v) is 6.85. The van der Waals surface area contributed by atoms with Crippen molar-refractivity contribution in [3.63, 3.8) is 0 Å². The minimum atomic E-state index is 0.908. The second kappa shape index (κ2) is 9.34. The summed E-state index contributed by atoms with van der Waals surface area (Å²) in [6, 6.07) is 45.6. The van der Waals surface area contributed by atoms with E-state index in [0.717, 1.165) is 65.7 Å². The summed E-state index contributed by atoms with van der Waals surface area (Å²) in [5.74, 6) is 0. The first-order chi connectivity index (χ1) is 18.8. The van der Waals surface area contributed by atoms with Gasteiger partial charge in [-0.2, -0.15) is 0 Å². The quantitative estimate of drug-likeness (QED) is 0.224. The summed E-state index contributed by atoms with van der Waals surface area (Å²) in [4.78, 5) is 17.6. The first-order valence-corrected chi connectivity index (χ1v) is 12.7. The molecule has 4 heteroatoms. The minimum Gasteiger partial charge on any atom is -0.354 e. The molecule has 0 radical (unpaired) electrons. The number of aromatic amines is 2. The van der Waals surface area contributed by atoms with E-state index in [1.165, 1.54) is 0 Å². The monoisotopic (exact) mass is 488 g/mol. The van der Waals surface area contributed by atoms with E-state index in [1.54, 1.807) is 0 Å². The van der Waals surface area contributed by atoms with Crippen molar-refractivity contribution in [1.29, 1.82) is 0 Å². The van der Waals surface area contributed by atoms with Gasteiger partial charge in [0.1, 0.15) is 0 Å². The van der Waals surface area contributed by atoms with Crippen LogP contribution in [0.4, 0.5) is 0 Å². The lowest BCUT2D eigenvalue weighted by Crippen LogP contribution is -1.85. The third kappa shape index (κ3) is 3.98. The van der Waals surface area contributed by atoms with E-state index in [-0.39, 0.29) is 0 Å². The molecule has 0 spiro atoms. The van der Waals surface area contributed by atoms with Crippen molar-refractivity contribution in [3.8, 4) is 0 Å². The van der Waals surface area contributed by atoms with Crippen LogP contribution >= 0.6 is 0 Å². The van der Waals surface area contributed by atoms with Crippen LogP contribution in [-0.4, -0.2) is 19.9 Å². The highest BCUT2D eigenvalue weighted by molar-refractivity contribution is 6.01. The predicted octanol–water partition coefficient (Wildman–Crippen LogP) is 8.86. The van der Waals surface area contributed by atoms with Gasteiger partial charge in [-0.1, -0.05) is 84.9 Å². The third-order valence-electron chi connectivity index (χ3n) is 6.85. The maximum Gasteiger partial charge on any atom is 0.0730 e. The molecule has 7 rings (SSSR count). The summed E-state index contributed by atoms with van der Waals surface area (Å²) in [6.45, 7) is 0. The Morgan fingerprint density at radius 3 is 0.842 bits per heavy atom. The molecular weight excluding hydrogens is 464 g/mol. The lowest BCUT2D eigenvalue weighted by molar-refractivity contribution is 1.46. The Morgan fingerprint density at radius 1 is 0.289 bits per heavy atom. The molecule has 3 aromatic heterocycles. The van der Waals surface area contributed by atoms with Crippen molar-refractivity contribution in [2.24, 2.45) is 0 Å². The number of nitrogens with zero attached hydrogens (tertiary/aromatic N) is 2. The van der Waals surface area contributed by atoms with Crippen LogP contribution in [0.15, 0.2) is 133 Å². The van der Waals surface area contributed by atoms with Crippen LogP contribution in [0.1, 0.15) is 0 Å². The number of rotatable bonds is 0. The van der Waals surface area contributed by atoms with E-state index in [0.29, 0.717) is 0 Å². The molecule has 0 atom stereocenters. The molecule has 4 aromatic carbocycles. The Balaban J connectivity index is 1.80. The molecule has 0 aliphatic rings. The van der Waals surface area contributed by atoms with Gasteiger partial charge in [0.2, 0.25) is 0 Å². The van der Waals surface area contributed by atoms with Gasteiger partial charge in [0, 0.05) is 43.6 Å². The van der Waals surface area contributed by atoms with Gasteiger partial charge in [0.15, 0.2) is 0 Å². The van der Waals surface area contributed by atoms with Gasteiger partial charge >= 0.3 is 0 Å². The standard InChI is InChI=1S/C34H24N4/c1-5-15-27-23(11-1)31-19-9-20-32(37-31)25-13-3-7-17-29(25)36-30-18-8-4-14-26(30)34-22-10-21-33(38-34)24-12-2-6-16-28(24)35-27/h1-22,35-36H. The molecule has 3 heterocycles. The number of nitrogens with one attached hydrogen (secondary N) is 2. The van der Waals surface area contributed by atoms with E-state index in [4.69, 9.17) is 9.97 Å². The van der Waals surface area contributed by atoms with Gasteiger partial charge in [-0.05, 0) is 48.5 Å². The molecule has 0 saturated carbocycles. The molecule has 0 fully saturated rings. The fraction of sp³-hybridized carbons (Fsp3) is 0. The van der Waals surface area contributed by atoms with Gasteiger partial charge < -0.3 is 9.97 Å². The second-order valence-electron chi connectivity index (χ2n) is 9.25. The maximum atomic E-state index is 5.13. The molecule has 0 saturated heterocycles. The molecule has 2 N–H and O–H groups in total. The number of aromatic nitrogens is 4. The average molecular weight is 489 g/mol. The summed E-state index contributed by atoms with van der Waals surface area (Å²) in [6.07, 6.45) is 0. The van der Waals surface area contributed by atoms with Crippen molar-refractivity contribution < 1.29 is 0 Å². The predicted molar refractivity (Wildman–Crippen MR) is 160 cm³/mol. The summed E-state index contributed by atoms with van der Waals surface area (Å²) in [7, 11) is 0. The van der Waals surface area contributed by atoms with Crippen molar-refractivity contribution >= 4 is 65.7 Å². The van der Waals surface area contributed by atoms with Crippen molar-refractivity contribution in [1.82, 2.24) is 19.9 Å². The molecule has 4 nitrogen and oxygen atoms in total. The van der Waals surface area contributed by atoms with Crippen LogP contribution in [0.2, 0.25) is 0 Å². The zero-order valence-electron chi connectivity index (χ0n) is 20.6. The van der Waals surface area contributed by atoms with Crippen molar-refractivity contribution in [3.05, 3.63) is 133 Å². The topological polar surface area (TPSA) is 57.4 Å². The molecule has 0 unspecified atom stereocenters. The Labute approximate surface area is 218 Å². The molecule has 0 amide bonds. The fourth-order valence-corrected chi connectivity index (χ4v) is 5.02. The minimum absolute atomic E-state index is 0.908. The highest BCUT2D eigenvalue weighted by atomic mass is 14.7. The Hall–Kier alpha value is -5.22. The smallest absolute Gasteiger partial charge is 0.0730 e. The number of benzene rings is 4. The van der Waals surface area contributed by atoms with Crippen LogP contribution in [0.3, 0.4) is 0 Å². The zero-order chi connectivity index (χ0) is 25.3. The highest BCUT2D eigenvalue weighted by Gasteiger charge is 2.02. The van der Waals surface area contributed by atoms with Crippen LogP contribution in [0.25, 0.3) is 65.7 Å². The molecular formula is C34H24N4. The normalized spacial score (nSPS) is 11.2. The summed E-state index contributed by atoms with van der Waals surface area (Å²) >= 11 is 0. The fourth-order valence-electron chi connectivity index (χ4n) is 5.02. The lowest BCUT2D eigenvalue weighted by atomic mass is 10.1. The Morgan fingerprint density at radius 2 is 0.553 bits per heavy atom. The summed E-state index contributed by atoms with van der Waals surface area (Å²) in [5, 5.41) is 4.14. The van der Waals surface area contributed by atoms with Crippen LogP contribution in [-0.2, 0) is 0 Å². The highest BCUT2D eigenvalue weighted by Crippen LogP contribution is 2.23. The molecule has 0 aliphatic heterocycles. The second-order valence-corrected chi connectivity index (χ2v) is 9.25. The SMILES string of the molecule is c1cc2nc(c1)c1ccccc1[nH]c1ccccc1c1cccc(n1)c1ccccc1[nH]c1ccccc21. The van der Waals surface area contributed by atoms with E-state index in [9.17, 15) is 0 Å². The van der Waals surface area contributed by atoms with Gasteiger partial charge in [-0.25, -0.2) is 9.97 Å². The molecule has 0 aliphatic carbocycles. The van der Waals surface area contributed by atoms with Crippen LogP contribution < -0.4 is 0 Å². The number of hydrogen-bond acceptors (Lipinski definition) is 2. The summed E-state index contributed by atoms with van der Waals surface area (Å²) < 4.78 is 0. The van der Waals surface area contributed by atoms with Crippen molar-refractivity contribution in [2.45, 2.75) is 0 Å². The van der Waals surface area contributed by atoms with E-state index >= 15 is 0 Å². The lowest BCUT2D eigenvalue weighted by Gasteiger charge is -2.03. The summed E-state index contributed by atoms with van der Waals surface area (Å²) in [5.41, 5.74) is 7.59. The number of hydrogen-bond donors (Lipinski definition) is 2.